The number of benzene rings is 2. The molecule has 1 aliphatic rings. The lowest BCUT2D eigenvalue weighted by Gasteiger charge is -2.24. The van der Waals surface area contributed by atoms with E-state index in [4.69, 9.17) is 21.1 Å². The lowest BCUT2D eigenvalue weighted by atomic mass is 10.1. The van der Waals surface area contributed by atoms with Crippen LogP contribution in [-0.2, 0) is 13.1 Å². The van der Waals surface area contributed by atoms with E-state index >= 15 is 0 Å². The zero-order valence-electron chi connectivity index (χ0n) is 15.1. The van der Waals surface area contributed by atoms with Crippen LogP contribution < -0.4 is 9.47 Å². The Kier molecular flexibility index (Phi) is 5.16. The maximum absolute atomic E-state index is 9.97. The highest BCUT2D eigenvalue weighted by Gasteiger charge is 2.16. The second kappa shape index (κ2) is 7.72. The van der Waals surface area contributed by atoms with Crippen molar-refractivity contribution in [2.45, 2.75) is 26.1 Å². The van der Waals surface area contributed by atoms with E-state index in [9.17, 15) is 5.11 Å². The minimum Gasteiger partial charge on any atom is -0.454 e. The molecule has 1 aliphatic heterocycles. The van der Waals surface area contributed by atoms with Crippen LogP contribution in [0.25, 0.3) is 10.9 Å². The molecule has 2 heterocycles. The first kappa shape index (κ1) is 18.0. The number of aliphatic hydroxyl groups is 1. The topological polar surface area (TPSA) is 54.8 Å². The normalized spacial score (nSPS) is 14.1. The van der Waals surface area contributed by atoms with Crippen molar-refractivity contribution in [1.29, 1.82) is 0 Å². The van der Waals surface area contributed by atoms with Gasteiger partial charge in [-0.3, -0.25) is 9.88 Å². The fourth-order valence-electron chi connectivity index (χ4n) is 3.41. The van der Waals surface area contributed by atoms with Gasteiger partial charge in [0.15, 0.2) is 11.5 Å². The minimum atomic E-state index is -0.435. The van der Waals surface area contributed by atoms with Crippen molar-refractivity contribution in [3.63, 3.8) is 0 Å². The van der Waals surface area contributed by atoms with Crippen molar-refractivity contribution in [2.24, 2.45) is 0 Å². The molecule has 6 heteroatoms. The lowest BCUT2D eigenvalue weighted by molar-refractivity contribution is 0.118. The van der Waals surface area contributed by atoms with Crippen molar-refractivity contribution in [1.82, 2.24) is 9.88 Å². The average molecular weight is 385 g/mol. The molecular formula is C21H21ClN2O3. The van der Waals surface area contributed by atoms with Crippen LogP contribution >= 0.6 is 11.6 Å². The third-order valence-corrected chi connectivity index (χ3v) is 4.79. The number of aliphatic hydroxyl groups excluding tert-OH is 1. The van der Waals surface area contributed by atoms with Crippen molar-refractivity contribution >= 4 is 22.5 Å². The zero-order chi connectivity index (χ0) is 18.8. The molecule has 0 fully saturated rings. The first-order valence-corrected chi connectivity index (χ1v) is 9.28. The summed E-state index contributed by atoms with van der Waals surface area (Å²) in [5, 5.41) is 11.7. The van der Waals surface area contributed by atoms with Gasteiger partial charge in [-0.25, -0.2) is 0 Å². The highest BCUT2D eigenvalue weighted by Crippen LogP contribution is 2.33. The number of fused-ring (bicyclic) bond motifs is 2. The van der Waals surface area contributed by atoms with Crippen LogP contribution in [0.2, 0.25) is 5.02 Å². The van der Waals surface area contributed by atoms with Gasteiger partial charge in [-0.1, -0.05) is 17.7 Å². The maximum atomic E-state index is 9.97. The molecule has 1 N–H and O–H groups in total. The van der Waals surface area contributed by atoms with E-state index < -0.39 is 6.10 Å². The molecule has 4 rings (SSSR count). The fraction of sp³-hybridized carbons (Fsp3) is 0.286. The molecule has 3 aromatic rings. The van der Waals surface area contributed by atoms with E-state index in [0.717, 1.165) is 33.5 Å². The summed E-state index contributed by atoms with van der Waals surface area (Å²) < 4.78 is 10.9. The summed E-state index contributed by atoms with van der Waals surface area (Å²) >= 11 is 6.19. The van der Waals surface area contributed by atoms with E-state index in [-0.39, 0.29) is 6.79 Å². The van der Waals surface area contributed by atoms with Gasteiger partial charge in [0, 0.05) is 36.2 Å². The van der Waals surface area contributed by atoms with Gasteiger partial charge in [0.05, 0.1) is 11.6 Å². The standard InChI is InChI=1S/C21H21ClN2O3/c1-14(25)10-24(11-15-2-5-20-21(8-15)27-13-26-20)12-16-6-7-23-19-4-3-17(22)9-18(16)19/h2-9,14,25H,10-13H2,1H3/t14-/m1/s1. The number of nitrogens with zero attached hydrogens (tertiary/aromatic N) is 2. The van der Waals surface area contributed by atoms with Crippen molar-refractivity contribution in [2.75, 3.05) is 13.3 Å². The van der Waals surface area contributed by atoms with Crippen LogP contribution in [0.1, 0.15) is 18.1 Å². The Labute approximate surface area is 163 Å². The third kappa shape index (κ3) is 4.16. The van der Waals surface area contributed by atoms with Crippen LogP contribution in [0.4, 0.5) is 0 Å². The predicted octanol–water partition coefficient (Wildman–Crippen LogP) is 4.00. The quantitative estimate of drug-likeness (QED) is 0.696. The minimum absolute atomic E-state index is 0.264. The SMILES string of the molecule is C[C@@H](O)CN(Cc1ccc2c(c1)OCO2)Cc1ccnc2ccc(Cl)cc12. The Morgan fingerprint density at radius 2 is 1.96 bits per heavy atom. The molecule has 0 saturated heterocycles. The smallest absolute Gasteiger partial charge is 0.231 e. The summed E-state index contributed by atoms with van der Waals surface area (Å²) in [5.74, 6) is 1.54. The molecule has 0 amide bonds. The summed E-state index contributed by atoms with van der Waals surface area (Å²) in [6, 6.07) is 13.7. The summed E-state index contributed by atoms with van der Waals surface area (Å²) in [4.78, 5) is 6.62. The molecule has 0 bridgehead atoms. The van der Waals surface area contributed by atoms with Crippen LogP contribution in [0.5, 0.6) is 11.5 Å². The van der Waals surface area contributed by atoms with Crippen LogP contribution in [0.15, 0.2) is 48.7 Å². The molecular weight excluding hydrogens is 364 g/mol. The number of halogens is 1. The molecule has 0 spiro atoms. The van der Waals surface area contributed by atoms with E-state index in [2.05, 4.69) is 9.88 Å². The Morgan fingerprint density at radius 1 is 1.11 bits per heavy atom. The van der Waals surface area contributed by atoms with E-state index in [0.29, 0.717) is 24.7 Å². The van der Waals surface area contributed by atoms with Gasteiger partial charge in [0.1, 0.15) is 0 Å². The molecule has 0 saturated carbocycles. The molecule has 27 heavy (non-hydrogen) atoms. The van der Waals surface area contributed by atoms with Crippen LogP contribution in [0.3, 0.4) is 0 Å². The Morgan fingerprint density at radius 3 is 2.81 bits per heavy atom. The van der Waals surface area contributed by atoms with Gasteiger partial charge >= 0.3 is 0 Å². The Bertz CT molecular complexity index is 961. The molecule has 0 radical (unpaired) electrons. The summed E-state index contributed by atoms with van der Waals surface area (Å²) in [6.45, 7) is 3.98. The zero-order valence-corrected chi connectivity index (χ0v) is 15.8. The molecule has 0 unspecified atom stereocenters. The van der Waals surface area contributed by atoms with Gasteiger partial charge < -0.3 is 14.6 Å². The van der Waals surface area contributed by atoms with Crippen molar-refractivity contribution < 1.29 is 14.6 Å². The van der Waals surface area contributed by atoms with Crippen LogP contribution in [-0.4, -0.2) is 34.4 Å². The van der Waals surface area contributed by atoms with Gasteiger partial charge in [0.2, 0.25) is 6.79 Å². The largest absolute Gasteiger partial charge is 0.454 e. The number of ether oxygens (including phenoxy) is 2. The highest BCUT2D eigenvalue weighted by atomic mass is 35.5. The van der Waals surface area contributed by atoms with Crippen LogP contribution in [0, 0.1) is 0 Å². The fourth-order valence-corrected chi connectivity index (χ4v) is 3.58. The summed E-state index contributed by atoms with van der Waals surface area (Å²) in [7, 11) is 0. The molecule has 1 aromatic heterocycles. The summed E-state index contributed by atoms with van der Waals surface area (Å²) in [6.07, 6.45) is 1.38. The van der Waals surface area contributed by atoms with E-state index in [1.165, 1.54) is 0 Å². The second-order valence-corrected chi connectivity index (χ2v) is 7.27. The number of hydrogen-bond donors (Lipinski definition) is 1. The second-order valence-electron chi connectivity index (χ2n) is 6.84. The van der Waals surface area contributed by atoms with Gasteiger partial charge in [-0.05, 0) is 54.4 Å². The van der Waals surface area contributed by atoms with Crippen molar-refractivity contribution in [3.05, 3.63) is 64.8 Å². The van der Waals surface area contributed by atoms with E-state index in [1.807, 2.05) is 48.7 Å². The third-order valence-electron chi connectivity index (χ3n) is 4.55. The first-order valence-electron chi connectivity index (χ1n) is 8.90. The molecule has 5 nitrogen and oxygen atoms in total. The molecule has 0 aliphatic carbocycles. The Balaban J connectivity index is 1.60. The molecule has 140 valence electrons. The number of rotatable bonds is 6. The van der Waals surface area contributed by atoms with Crippen molar-refractivity contribution in [3.8, 4) is 11.5 Å². The number of pyridine rings is 1. The monoisotopic (exact) mass is 384 g/mol. The average Bonchev–Trinajstić information content (AvgIpc) is 3.09. The molecule has 1 atom stereocenters. The van der Waals surface area contributed by atoms with Gasteiger partial charge in [-0.15, -0.1) is 0 Å². The number of hydrogen-bond acceptors (Lipinski definition) is 5. The van der Waals surface area contributed by atoms with Gasteiger partial charge in [-0.2, -0.15) is 0 Å². The van der Waals surface area contributed by atoms with E-state index in [1.54, 1.807) is 6.92 Å². The highest BCUT2D eigenvalue weighted by molar-refractivity contribution is 6.31. The number of aromatic nitrogens is 1. The summed E-state index contributed by atoms with van der Waals surface area (Å²) in [5.41, 5.74) is 3.15. The first-order chi connectivity index (χ1) is 13.1. The van der Waals surface area contributed by atoms with Gasteiger partial charge in [0.25, 0.3) is 0 Å². The predicted molar refractivity (Wildman–Crippen MR) is 105 cm³/mol. The Hall–Kier alpha value is -2.34. The lowest BCUT2D eigenvalue weighted by Crippen LogP contribution is -2.30. The maximum Gasteiger partial charge on any atom is 0.231 e. The molecule has 2 aromatic carbocycles.